The summed E-state index contributed by atoms with van der Waals surface area (Å²) in [5.41, 5.74) is 0.944. The second-order valence-electron chi connectivity index (χ2n) is 4.39. The maximum absolute atomic E-state index is 11.6. The molecule has 1 aromatic carbocycles. The molecule has 0 unspecified atom stereocenters. The van der Waals surface area contributed by atoms with Crippen molar-refractivity contribution in [2.45, 2.75) is 0 Å². The minimum Gasteiger partial charge on any atom is -0.336 e. The third-order valence-electron chi connectivity index (χ3n) is 2.80. The van der Waals surface area contributed by atoms with Gasteiger partial charge in [0.1, 0.15) is 0 Å². The number of halogens is 1. The molecule has 8 heteroatoms. The monoisotopic (exact) mass is 383 g/mol. The van der Waals surface area contributed by atoms with Crippen molar-refractivity contribution in [2.24, 2.45) is 0 Å². The first-order valence-electron chi connectivity index (χ1n) is 6.50. The van der Waals surface area contributed by atoms with Crippen molar-refractivity contribution in [3.8, 4) is 0 Å². The lowest BCUT2D eigenvalue weighted by Crippen LogP contribution is -2.40. The minimum atomic E-state index is -0.391. The van der Waals surface area contributed by atoms with Gasteiger partial charge in [0.15, 0.2) is 0 Å². The number of thioether (sulfide) groups is 1. The SMILES string of the molecule is O=C(N/C=C/c1cccc(Br)c1)NCCN1C(=O)CSC1=O. The fourth-order valence-corrected chi connectivity index (χ4v) is 2.92. The van der Waals surface area contributed by atoms with Crippen LogP contribution in [0.1, 0.15) is 5.56 Å². The van der Waals surface area contributed by atoms with Crippen LogP contribution in [0.25, 0.3) is 6.08 Å². The summed E-state index contributed by atoms with van der Waals surface area (Å²) in [6.07, 6.45) is 3.29. The number of benzene rings is 1. The molecule has 2 rings (SSSR count). The lowest BCUT2D eigenvalue weighted by Gasteiger charge is -2.12. The van der Waals surface area contributed by atoms with Crippen molar-refractivity contribution < 1.29 is 14.4 Å². The van der Waals surface area contributed by atoms with Crippen molar-refractivity contribution in [3.63, 3.8) is 0 Å². The molecule has 1 fully saturated rings. The highest BCUT2D eigenvalue weighted by Gasteiger charge is 2.29. The Bertz CT molecular complexity index is 605. The average molecular weight is 384 g/mol. The number of rotatable bonds is 5. The highest BCUT2D eigenvalue weighted by molar-refractivity contribution is 9.10. The molecule has 0 radical (unpaired) electrons. The first-order chi connectivity index (χ1) is 10.6. The summed E-state index contributed by atoms with van der Waals surface area (Å²) < 4.78 is 0.955. The third-order valence-corrected chi connectivity index (χ3v) is 4.15. The summed E-state index contributed by atoms with van der Waals surface area (Å²) in [5.74, 6) is -0.0350. The van der Waals surface area contributed by atoms with E-state index in [4.69, 9.17) is 0 Å². The van der Waals surface area contributed by atoms with Crippen molar-refractivity contribution in [2.75, 3.05) is 18.8 Å². The van der Waals surface area contributed by atoms with E-state index in [0.717, 1.165) is 26.7 Å². The van der Waals surface area contributed by atoms with Crippen LogP contribution in [0.4, 0.5) is 9.59 Å². The number of carbonyl (C=O) groups is 3. The Kier molecular flexibility index (Phi) is 6.02. The van der Waals surface area contributed by atoms with E-state index in [2.05, 4.69) is 26.6 Å². The molecule has 0 aliphatic carbocycles. The van der Waals surface area contributed by atoms with Gasteiger partial charge in [-0.1, -0.05) is 39.8 Å². The Labute approximate surface area is 140 Å². The highest BCUT2D eigenvalue weighted by atomic mass is 79.9. The van der Waals surface area contributed by atoms with E-state index in [0.29, 0.717) is 0 Å². The van der Waals surface area contributed by atoms with Gasteiger partial charge in [0.05, 0.1) is 5.75 Å². The van der Waals surface area contributed by atoms with Gasteiger partial charge in [-0.05, 0) is 23.8 Å². The Morgan fingerprint density at radius 3 is 2.91 bits per heavy atom. The summed E-state index contributed by atoms with van der Waals surface area (Å²) in [6, 6.07) is 7.24. The number of nitrogens with one attached hydrogen (secondary N) is 2. The summed E-state index contributed by atoms with van der Waals surface area (Å²) >= 11 is 4.34. The molecule has 1 aromatic rings. The summed E-state index contributed by atoms with van der Waals surface area (Å²) in [7, 11) is 0. The molecular weight excluding hydrogens is 370 g/mol. The standard InChI is InChI=1S/C14H14BrN3O3S/c15-11-3-1-2-10(8-11)4-5-16-13(20)17-6-7-18-12(19)9-22-14(18)21/h1-5,8H,6-7,9H2,(H2,16,17,20)/b5-4+. The summed E-state index contributed by atoms with van der Waals surface area (Å²) in [4.78, 5) is 35.4. The van der Waals surface area contributed by atoms with Crippen LogP contribution in [0.5, 0.6) is 0 Å². The van der Waals surface area contributed by atoms with E-state index < -0.39 is 6.03 Å². The Morgan fingerprint density at radius 2 is 2.23 bits per heavy atom. The van der Waals surface area contributed by atoms with E-state index >= 15 is 0 Å². The second-order valence-corrected chi connectivity index (χ2v) is 6.23. The van der Waals surface area contributed by atoms with Crippen LogP contribution >= 0.6 is 27.7 Å². The van der Waals surface area contributed by atoms with Gasteiger partial charge in [0.25, 0.3) is 5.24 Å². The van der Waals surface area contributed by atoms with Gasteiger partial charge in [-0.15, -0.1) is 0 Å². The minimum absolute atomic E-state index is 0.181. The quantitative estimate of drug-likeness (QED) is 0.818. The van der Waals surface area contributed by atoms with Crippen LogP contribution in [0.15, 0.2) is 34.9 Å². The molecule has 0 spiro atoms. The zero-order chi connectivity index (χ0) is 15.9. The summed E-state index contributed by atoms with van der Waals surface area (Å²) in [5, 5.41) is 4.88. The molecule has 116 valence electrons. The smallest absolute Gasteiger partial charge is 0.318 e. The predicted octanol–water partition coefficient (Wildman–Crippen LogP) is 2.41. The zero-order valence-corrected chi connectivity index (χ0v) is 13.9. The number of imide groups is 1. The van der Waals surface area contributed by atoms with Crippen LogP contribution < -0.4 is 10.6 Å². The number of hydrogen-bond acceptors (Lipinski definition) is 4. The number of amides is 4. The van der Waals surface area contributed by atoms with Gasteiger partial charge in [0.2, 0.25) is 5.91 Å². The maximum Gasteiger partial charge on any atom is 0.318 e. The van der Waals surface area contributed by atoms with Crippen LogP contribution in [0.3, 0.4) is 0 Å². The first kappa shape index (κ1) is 16.6. The van der Waals surface area contributed by atoms with Gasteiger partial charge in [-0.3, -0.25) is 14.5 Å². The van der Waals surface area contributed by atoms with E-state index in [1.807, 2.05) is 24.3 Å². The van der Waals surface area contributed by atoms with Crippen molar-refractivity contribution in [3.05, 3.63) is 40.5 Å². The van der Waals surface area contributed by atoms with Crippen molar-refractivity contribution in [1.29, 1.82) is 0 Å². The van der Waals surface area contributed by atoms with E-state index in [-0.39, 0.29) is 30.0 Å². The van der Waals surface area contributed by atoms with Gasteiger partial charge in [0, 0.05) is 23.8 Å². The fourth-order valence-electron chi connectivity index (χ4n) is 1.75. The summed E-state index contributed by atoms with van der Waals surface area (Å²) in [6.45, 7) is 0.405. The topological polar surface area (TPSA) is 78.5 Å². The predicted molar refractivity (Wildman–Crippen MR) is 89.3 cm³/mol. The molecule has 22 heavy (non-hydrogen) atoms. The lowest BCUT2D eigenvalue weighted by atomic mass is 10.2. The van der Waals surface area contributed by atoms with Crippen molar-refractivity contribution >= 4 is 50.9 Å². The molecule has 0 saturated carbocycles. The Hall–Kier alpha value is -1.80. The van der Waals surface area contributed by atoms with Gasteiger partial charge >= 0.3 is 6.03 Å². The number of carbonyl (C=O) groups excluding carboxylic acids is 3. The fraction of sp³-hybridized carbons (Fsp3) is 0.214. The van der Waals surface area contributed by atoms with Gasteiger partial charge in [-0.2, -0.15) is 0 Å². The van der Waals surface area contributed by atoms with Crippen molar-refractivity contribution in [1.82, 2.24) is 15.5 Å². The van der Waals surface area contributed by atoms with Gasteiger partial charge in [-0.25, -0.2) is 4.79 Å². The van der Waals surface area contributed by atoms with Crippen LogP contribution in [0, 0.1) is 0 Å². The normalized spacial score (nSPS) is 14.7. The lowest BCUT2D eigenvalue weighted by molar-refractivity contribution is -0.124. The molecule has 0 aromatic heterocycles. The zero-order valence-electron chi connectivity index (χ0n) is 11.5. The average Bonchev–Trinajstić information content (AvgIpc) is 2.79. The maximum atomic E-state index is 11.6. The number of urea groups is 1. The molecule has 1 heterocycles. The molecule has 1 saturated heterocycles. The molecule has 1 aliphatic heterocycles. The highest BCUT2D eigenvalue weighted by Crippen LogP contribution is 2.17. The molecule has 0 atom stereocenters. The second kappa shape index (κ2) is 8.00. The molecule has 0 bridgehead atoms. The number of nitrogens with zero attached hydrogens (tertiary/aromatic N) is 1. The molecule has 4 amide bonds. The molecule has 2 N–H and O–H groups in total. The molecular formula is C14H14BrN3O3S. The van der Waals surface area contributed by atoms with Crippen LogP contribution in [0.2, 0.25) is 0 Å². The largest absolute Gasteiger partial charge is 0.336 e. The Morgan fingerprint density at radius 1 is 1.41 bits per heavy atom. The third kappa shape index (κ3) is 4.88. The van der Waals surface area contributed by atoms with E-state index in [9.17, 15) is 14.4 Å². The molecule has 1 aliphatic rings. The van der Waals surface area contributed by atoms with Crippen LogP contribution in [-0.4, -0.2) is 40.9 Å². The Balaban J connectivity index is 1.70. The number of hydrogen-bond donors (Lipinski definition) is 2. The van der Waals surface area contributed by atoms with Gasteiger partial charge < -0.3 is 10.6 Å². The van der Waals surface area contributed by atoms with E-state index in [1.165, 1.54) is 6.20 Å². The molecule has 6 nitrogen and oxygen atoms in total. The van der Waals surface area contributed by atoms with E-state index in [1.54, 1.807) is 6.08 Å². The first-order valence-corrected chi connectivity index (χ1v) is 8.28. The van der Waals surface area contributed by atoms with Crippen LogP contribution in [-0.2, 0) is 4.79 Å².